The zero-order valence-electron chi connectivity index (χ0n) is 11.6. The molecule has 7 heteroatoms. The molecule has 2 rings (SSSR count). The van der Waals surface area contributed by atoms with Gasteiger partial charge in [-0.05, 0) is 30.2 Å². The van der Waals surface area contributed by atoms with Crippen molar-refractivity contribution < 1.29 is 19.4 Å². The summed E-state index contributed by atoms with van der Waals surface area (Å²) in [6.07, 6.45) is 1.01. The molecule has 2 amide bonds. The third kappa shape index (κ3) is 3.54. The van der Waals surface area contributed by atoms with Crippen LogP contribution in [0.1, 0.15) is 18.9 Å². The number of carbonyl (C=O) groups excluding carboxylic acids is 1. The quantitative estimate of drug-likeness (QED) is 0.772. The molecule has 0 spiro atoms. The van der Waals surface area contributed by atoms with E-state index < -0.39 is 17.5 Å². The van der Waals surface area contributed by atoms with E-state index in [0.717, 1.165) is 16.5 Å². The molecule has 1 aliphatic heterocycles. The van der Waals surface area contributed by atoms with Crippen LogP contribution in [0.3, 0.4) is 0 Å². The summed E-state index contributed by atoms with van der Waals surface area (Å²) in [5.41, 5.74) is 0.287. The first kappa shape index (κ1) is 15.8. The molecule has 0 bridgehead atoms. The molecule has 1 aromatic rings. The number of nitrogens with one attached hydrogen (secondary N) is 2. The first-order valence-electron chi connectivity index (χ1n) is 6.65. The minimum Gasteiger partial charge on any atom is -0.479 e. The Morgan fingerprint density at radius 1 is 1.48 bits per heavy atom. The van der Waals surface area contributed by atoms with Gasteiger partial charge in [-0.15, -0.1) is 0 Å². The van der Waals surface area contributed by atoms with Gasteiger partial charge >= 0.3 is 12.0 Å². The standard InChI is InChI=1S/C14H17BrN2O4/c1-2-9-7-10(15)3-4-11(9)16-13(20)17-14(12(18)19)5-6-21-8-14/h3-4,7H,2,5-6,8H2,1H3,(H,18,19)(H2,16,17,20). The second kappa shape index (κ2) is 6.44. The summed E-state index contributed by atoms with van der Waals surface area (Å²) >= 11 is 3.38. The largest absolute Gasteiger partial charge is 0.479 e. The number of anilines is 1. The Hall–Kier alpha value is -1.60. The number of carboxylic acid groups (broad SMARTS) is 1. The Morgan fingerprint density at radius 3 is 2.81 bits per heavy atom. The molecule has 1 aliphatic rings. The predicted molar refractivity (Wildman–Crippen MR) is 81.5 cm³/mol. The fourth-order valence-corrected chi connectivity index (χ4v) is 2.64. The fourth-order valence-electron chi connectivity index (χ4n) is 2.23. The summed E-state index contributed by atoms with van der Waals surface area (Å²) < 4.78 is 6.03. The molecule has 0 aliphatic carbocycles. The van der Waals surface area contributed by atoms with E-state index in [1.54, 1.807) is 6.07 Å². The van der Waals surface area contributed by atoms with Crippen LogP contribution in [0, 0.1) is 0 Å². The van der Waals surface area contributed by atoms with Gasteiger partial charge in [-0.3, -0.25) is 0 Å². The number of halogens is 1. The molecule has 1 unspecified atom stereocenters. The first-order chi connectivity index (χ1) is 9.97. The molecule has 1 heterocycles. The van der Waals surface area contributed by atoms with Gasteiger partial charge in [0.05, 0.1) is 6.61 Å². The summed E-state index contributed by atoms with van der Waals surface area (Å²) in [6.45, 7) is 2.29. The third-order valence-electron chi connectivity index (χ3n) is 3.48. The highest BCUT2D eigenvalue weighted by atomic mass is 79.9. The van der Waals surface area contributed by atoms with Crippen LogP contribution in [0.5, 0.6) is 0 Å². The Bertz CT molecular complexity index is 556. The van der Waals surface area contributed by atoms with Crippen molar-refractivity contribution in [2.75, 3.05) is 18.5 Å². The second-order valence-corrected chi connectivity index (χ2v) is 5.84. The Kier molecular flexibility index (Phi) is 4.84. The zero-order chi connectivity index (χ0) is 15.5. The molecule has 114 valence electrons. The number of carboxylic acids is 1. The van der Waals surface area contributed by atoms with Crippen molar-refractivity contribution in [1.29, 1.82) is 0 Å². The second-order valence-electron chi connectivity index (χ2n) is 4.92. The van der Waals surface area contributed by atoms with Gasteiger partial charge in [0.1, 0.15) is 0 Å². The number of benzene rings is 1. The zero-order valence-corrected chi connectivity index (χ0v) is 13.2. The minimum atomic E-state index is -1.34. The Morgan fingerprint density at radius 2 is 2.24 bits per heavy atom. The number of amides is 2. The number of urea groups is 1. The SMILES string of the molecule is CCc1cc(Br)ccc1NC(=O)NC1(C(=O)O)CCOC1. The number of ether oxygens (including phenoxy) is 1. The number of aliphatic carboxylic acids is 1. The van der Waals surface area contributed by atoms with Crippen molar-refractivity contribution in [3.05, 3.63) is 28.2 Å². The maximum absolute atomic E-state index is 12.1. The first-order valence-corrected chi connectivity index (χ1v) is 7.45. The van der Waals surface area contributed by atoms with E-state index in [2.05, 4.69) is 26.6 Å². The monoisotopic (exact) mass is 356 g/mol. The highest BCUT2D eigenvalue weighted by Gasteiger charge is 2.44. The van der Waals surface area contributed by atoms with Crippen molar-refractivity contribution in [2.24, 2.45) is 0 Å². The highest BCUT2D eigenvalue weighted by Crippen LogP contribution is 2.23. The maximum atomic E-state index is 12.1. The lowest BCUT2D eigenvalue weighted by molar-refractivity contribution is -0.144. The van der Waals surface area contributed by atoms with Gasteiger partial charge in [0.2, 0.25) is 0 Å². The van der Waals surface area contributed by atoms with Crippen LogP contribution in [-0.4, -0.2) is 35.9 Å². The van der Waals surface area contributed by atoms with Crippen molar-refractivity contribution in [2.45, 2.75) is 25.3 Å². The Labute approximate surface area is 131 Å². The van der Waals surface area contributed by atoms with Crippen molar-refractivity contribution in [3.63, 3.8) is 0 Å². The molecule has 6 nitrogen and oxygen atoms in total. The van der Waals surface area contributed by atoms with E-state index in [-0.39, 0.29) is 13.0 Å². The van der Waals surface area contributed by atoms with Crippen LogP contribution >= 0.6 is 15.9 Å². The number of rotatable bonds is 4. The summed E-state index contributed by atoms with van der Waals surface area (Å²) in [5, 5.41) is 14.5. The summed E-state index contributed by atoms with van der Waals surface area (Å²) in [6, 6.07) is 4.97. The normalized spacial score (nSPS) is 21.0. The third-order valence-corrected chi connectivity index (χ3v) is 3.97. The van der Waals surface area contributed by atoms with Crippen LogP contribution in [0.25, 0.3) is 0 Å². The molecule has 0 aromatic heterocycles. The molecule has 3 N–H and O–H groups in total. The topological polar surface area (TPSA) is 87.7 Å². The minimum absolute atomic E-state index is 0.0171. The van der Waals surface area contributed by atoms with Gasteiger partial charge in [-0.25, -0.2) is 9.59 Å². The lowest BCUT2D eigenvalue weighted by atomic mass is 9.99. The van der Waals surface area contributed by atoms with E-state index in [9.17, 15) is 14.7 Å². The van der Waals surface area contributed by atoms with E-state index in [0.29, 0.717) is 12.3 Å². The maximum Gasteiger partial charge on any atom is 0.332 e. The van der Waals surface area contributed by atoms with E-state index in [1.807, 2.05) is 19.1 Å². The molecule has 1 aromatic carbocycles. The lowest BCUT2D eigenvalue weighted by Gasteiger charge is -2.24. The van der Waals surface area contributed by atoms with Crippen molar-refractivity contribution in [1.82, 2.24) is 5.32 Å². The lowest BCUT2D eigenvalue weighted by Crippen LogP contribution is -2.56. The molecule has 1 fully saturated rings. The predicted octanol–water partition coefficient (Wildman–Crippen LogP) is 2.38. The average molecular weight is 357 g/mol. The summed E-state index contributed by atoms with van der Waals surface area (Å²) in [5.74, 6) is -1.08. The molecular weight excluding hydrogens is 340 g/mol. The highest BCUT2D eigenvalue weighted by molar-refractivity contribution is 9.10. The van der Waals surface area contributed by atoms with Gasteiger partial charge < -0.3 is 20.5 Å². The number of hydrogen-bond donors (Lipinski definition) is 3. The van der Waals surface area contributed by atoms with Gasteiger partial charge in [0.15, 0.2) is 5.54 Å². The Balaban J connectivity index is 2.10. The van der Waals surface area contributed by atoms with E-state index in [4.69, 9.17) is 4.74 Å². The van der Waals surface area contributed by atoms with Crippen LogP contribution < -0.4 is 10.6 Å². The van der Waals surface area contributed by atoms with Crippen LogP contribution in [0.2, 0.25) is 0 Å². The summed E-state index contributed by atoms with van der Waals surface area (Å²) in [4.78, 5) is 23.4. The van der Waals surface area contributed by atoms with Crippen LogP contribution in [0.4, 0.5) is 10.5 Å². The van der Waals surface area contributed by atoms with Gasteiger partial charge in [-0.1, -0.05) is 22.9 Å². The molecule has 1 saturated heterocycles. The number of aryl methyl sites for hydroxylation is 1. The van der Waals surface area contributed by atoms with Crippen molar-refractivity contribution in [3.8, 4) is 0 Å². The van der Waals surface area contributed by atoms with E-state index in [1.165, 1.54) is 0 Å². The molecule has 1 atom stereocenters. The van der Waals surface area contributed by atoms with Crippen LogP contribution in [-0.2, 0) is 16.0 Å². The van der Waals surface area contributed by atoms with Crippen molar-refractivity contribution >= 4 is 33.6 Å². The smallest absolute Gasteiger partial charge is 0.332 e. The average Bonchev–Trinajstić information content (AvgIpc) is 2.90. The number of hydrogen-bond acceptors (Lipinski definition) is 3. The van der Waals surface area contributed by atoms with Gasteiger partial charge in [0, 0.05) is 23.2 Å². The molecule has 21 heavy (non-hydrogen) atoms. The fraction of sp³-hybridized carbons (Fsp3) is 0.429. The molecule has 0 saturated carbocycles. The van der Waals surface area contributed by atoms with Gasteiger partial charge in [-0.2, -0.15) is 0 Å². The number of carbonyl (C=O) groups is 2. The molecular formula is C14H17BrN2O4. The van der Waals surface area contributed by atoms with E-state index >= 15 is 0 Å². The van der Waals surface area contributed by atoms with Crippen LogP contribution in [0.15, 0.2) is 22.7 Å². The molecule has 0 radical (unpaired) electrons. The summed E-state index contributed by atoms with van der Waals surface area (Å²) in [7, 11) is 0. The van der Waals surface area contributed by atoms with Gasteiger partial charge in [0.25, 0.3) is 0 Å².